The highest BCUT2D eigenvalue weighted by atomic mass is 35.5. The molecule has 2 aromatic heterocycles. The lowest BCUT2D eigenvalue weighted by Gasteiger charge is -2.16. The molecule has 0 atom stereocenters. The van der Waals surface area contributed by atoms with Crippen LogP contribution >= 0.6 is 11.6 Å². The summed E-state index contributed by atoms with van der Waals surface area (Å²) in [6.45, 7) is 5.33. The molecule has 0 saturated carbocycles. The Balaban J connectivity index is 1.71. The summed E-state index contributed by atoms with van der Waals surface area (Å²) in [5, 5.41) is 5.82. The molecule has 3 heteroatoms. The van der Waals surface area contributed by atoms with E-state index in [-0.39, 0.29) is 0 Å². The molecule has 0 radical (unpaired) electrons. The van der Waals surface area contributed by atoms with Gasteiger partial charge in [-0.1, -0.05) is 53.6 Å². The van der Waals surface area contributed by atoms with Crippen LogP contribution in [0.2, 0.25) is 5.02 Å². The van der Waals surface area contributed by atoms with Gasteiger partial charge in [-0.3, -0.25) is 0 Å². The van der Waals surface area contributed by atoms with Crippen LogP contribution in [-0.2, 0) is 6.54 Å². The van der Waals surface area contributed by atoms with E-state index in [1.54, 1.807) is 0 Å². The molecule has 0 bridgehead atoms. The number of hydrogen-bond donors (Lipinski definition) is 0. The lowest BCUT2D eigenvalue weighted by atomic mass is 10.0. The zero-order chi connectivity index (χ0) is 22.5. The number of nitrogens with zero attached hydrogens (tertiary/aromatic N) is 2. The summed E-state index contributed by atoms with van der Waals surface area (Å²) in [6.07, 6.45) is 2.26. The van der Waals surface area contributed by atoms with Gasteiger partial charge in [0.2, 0.25) is 11.0 Å². The molecule has 0 spiro atoms. The molecule has 6 aromatic rings. The van der Waals surface area contributed by atoms with E-state index in [0.29, 0.717) is 0 Å². The SMILES string of the molecule is CC[n+]1c2ccc(C)cc2c2cc3cn(-c4ccc(Cl)cc4)c(-c4ccccc4)cc3cc21. The molecule has 0 aliphatic rings. The third-order valence-electron chi connectivity index (χ3n) is 6.54. The van der Waals surface area contributed by atoms with Gasteiger partial charge in [0.05, 0.1) is 16.5 Å². The number of hydrogen-bond acceptors (Lipinski definition) is 0. The van der Waals surface area contributed by atoms with Crippen LogP contribution in [0.1, 0.15) is 12.5 Å². The van der Waals surface area contributed by atoms with E-state index in [0.717, 1.165) is 22.9 Å². The van der Waals surface area contributed by atoms with Crippen molar-refractivity contribution in [2.75, 3.05) is 0 Å². The summed E-state index contributed by atoms with van der Waals surface area (Å²) in [5.74, 6) is 0. The minimum absolute atomic E-state index is 0.742. The highest BCUT2D eigenvalue weighted by Gasteiger charge is 2.20. The van der Waals surface area contributed by atoms with E-state index in [1.165, 1.54) is 43.7 Å². The smallest absolute Gasteiger partial charge is 0.214 e. The molecule has 4 aromatic carbocycles. The van der Waals surface area contributed by atoms with Crippen molar-refractivity contribution in [3.8, 4) is 16.9 Å². The van der Waals surface area contributed by atoms with Crippen molar-refractivity contribution in [1.29, 1.82) is 0 Å². The molecule has 0 amide bonds. The average Bonchev–Trinajstić information content (AvgIpc) is 3.14. The fourth-order valence-corrected chi connectivity index (χ4v) is 5.07. The molecule has 0 N–H and O–H groups in total. The van der Waals surface area contributed by atoms with Gasteiger partial charge in [0.15, 0.2) is 0 Å². The Morgan fingerprint density at radius 1 is 0.758 bits per heavy atom. The van der Waals surface area contributed by atoms with E-state index in [1.807, 2.05) is 12.1 Å². The molecule has 2 nitrogen and oxygen atoms in total. The van der Waals surface area contributed by atoms with Crippen LogP contribution in [0.3, 0.4) is 0 Å². The minimum Gasteiger partial charge on any atom is -0.316 e. The van der Waals surface area contributed by atoms with Crippen LogP contribution in [0.4, 0.5) is 0 Å². The maximum atomic E-state index is 6.19. The lowest BCUT2D eigenvalue weighted by Crippen LogP contribution is -2.31. The molecule has 33 heavy (non-hydrogen) atoms. The van der Waals surface area contributed by atoms with E-state index in [2.05, 4.69) is 108 Å². The van der Waals surface area contributed by atoms with Crippen molar-refractivity contribution in [2.45, 2.75) is 20.4 Å². The summed E-state index contributed by atoms with van der Waals surface area (Å²) in [6, 6.07) is 32.4. The molecule has 160 valence electrons. The Kier molecular flexibility index (Phi) is 4.70. The third kappa shape index (κ3) is 3.30. The Morgan fingerprint density at radius 2 is 1.52 bits per heavy atom. The zero-order valence-electron chi connectivity index (χ0n) is 18.7. The molecule has 6 rings (SSSR count). The largest absolute Gasteiger partial charge is 0.316 e. The molecule has 0 aliphatic heterocycles. The van der Waals surface area contributed by atoms with Gasteiger partial charge >= 0.3 is 0 Å². The van der Waals surface area contributed by atoms with Crippen LogP contribution in [-0.4, -0.2) is 4.57 Å². The summed E-state index contributed by atoms with van der Waals surface area (Å²) >= 11 is 6.19. The van der Waals surface area contributed by atoms with E-state index < -0.39 is 0 Å². The summed E-state index contributed by atoms with van der Waals surface area (Å²) in [5.41, 5.74) is 7.29. The number of halogens is 1. The van der Waals surface area contributed by atoms with E-state index in [9.17, 15) is 0 Å². The number of fused-ring (bicyclic) bond motifs is 4. The van der Waals surface area contributed by atoms with Gasteiger partial charge in [-0.05, 0) is 72.6 Å². The van der Waals surface area contributed by atoms with E-state index >= 15 is 0 Å². The van der Waals surface area contributed by atoms with Crippen LogP contribution in [0.15, 0.2) is 97.2 Å². The van der Waals surface area contributed by atoms with Gasteiger partial charge in [0.25, 0.3) is 0 Å². The van der Waals surface area contributed by atoms with Gasteiger partial charge in [0, 0.05) is 29.0 Å². The summed E-state index contributed by atoms with van der Waals surface area (Å²) in [7, 11) is 0. The fraction of sp³-hybridized carbons (Fsp3) is 0.100. The Bertz CT molecular complexity index is 1650. The Hall–Kier alpha value is -3.62. The Morgan fingerprint density at radius 3 is 2.27 bits per heavy atom. The Labute approximate surface area is 198 Å². The van der Waals surface area contributed by atoms with Crippen molar-refractivity contribution in [3.63, 3.8) is 0 Å². The molecular formula is C30H24ClN2+. The summed E-state index contributed by atoms with van der Waals surface area (Å²) < 4.78 is 4.69. The fourth-order valence-electron chi connectivity index (χ4n) is 4.94. The molecule has 0 aliphatic carbocycles. The molecule has 2 heterocycles. The number of aromatic nitrogens is 2. The topological polar surface area (TPSA) is 8.81 Å². The normalized spacial score (nSPS) is 11.6. The number of aryl methyl sites for hydroxylation is 2. The van der Waals surface area contributed by atoms with Crippen LogP contribution in [0.25, 0.3) is 49.5 Å². The van der Waals surface area contributed by atoms with Crippen LogP contribution in [0, 0.1) is 6.92 Å². The predicted molar refractivity (Wildman–Crippen MR) is 139 cm³/mol. The van der Waals surface area contributed by atoms with Gasteiger partial charge in [-0.15, -0.1) is 0 Å². The highest BCUT2D eigenvalue weighted by molar-refractivity contribution is 6.30. The third-order valence-corrected chi connectivity index (χ3v) is 6.79. The monoisotopic (exact) mass is 447 g/mol. The first-order valence-corrected chi connectivity index (χ1v) is 11.7. The molecular weight excluding hydrogens is 424 g/mol. The standard InChI is InChI=1S/C30H24ClN2/c1-3-32-28-14-9-20(2)15-26(28)27-16-23-19-33(25-12-10-24(31)11-13-25)29(17-22(23)18-30(27)32)21-7-5-4-6-8-21/h4-19H,3H2,1-2H3/q+1. The number of benzene rings is 4. The van der Waals surface area contributed by atoms with Gasteiger partial charge in [-0.2, -0.15) is 4.57 Å². The first-order valence-electron chi connectivity index (χ1n) is 11.4. The molecule has 0 unspecified atom stereocenters. The van der Waals surface area contributed by atoms with Crippen LogP contribution in [0.5, 0.6) is 0 Å². The second-order valence-electron chi connectivity index (χ2n) is 8.63. The maximum Gasteiger partial charge on any atom is 0.214 e. The number of pyridine rings is 1. The molecule has 0 fully saturated rings. The minimum atomic E-state index is 0.742. The highest BCUT2D eigenvalue weighted by Crippen LogP contribution is 2.33. The van der Waals surface area contributed by atoms with Crippen molar-refractivity contribution >= 4 is 44.2 Å². The van der Waals surface area contributed by atoms with Gasteiger partial charge in [-0.25, -0.2) is 0 Å². The van der Waals surface area contributed by atoms with Crippen molar-refractivity contribution in [1.82, 2.24) is 4.57 Å². The second kappa shape index (κ2) is 7.75. The van der Waals surface area contributed by atoms with Crippen LogP contribution < -0.4 is 4.57 Å². The molecule has 0 saturated heterocycles. The average molecular weight is 448 g/mol. The zero-order valence-corrected chi connectivity index (χ0v) is 19.5. The lowest BCUT2D eigenvalue weighted by molar-refractivity contribution is -0.640. The van der Waals surface area contributed by atoms with Gasteiger partial charge in [0.1, 0.15) is 6.54 Å². The second-order valence-corrected chi connectivity index (χ2v) is 9.07. The van der Waals surface area contributed by atoms with Crippen molar-refractivity contribution in [3.05, 3.63) is 108 Å². The quantitative estimate of drug-likeness (QED) is 0.244. The number of rotatable bonds is 3. The maximum absolute atomic E-state index is 6.19. The first kappa shape index (κ1) is 20.0. The van der Waals surface area contributed by atoms with Gasteiger partial charge < -0.3 is 4.57 Å². The first-order chi connectivity index (χ1) is 16.1. The predicted octanol–water partition coefficient (Wildman–Crippen LogP) is 7.87. The van der Waals surface area contributed by atoms with Crippen molar-refractivity contribution < 1.29 is 4.57 Å². The summed E-state index contributed by atoms with van der Waals surface area (Å²) in [4.78, 5) is 0. The van der Waals surface area contributed by atoms with Crippen molar-refractivity contribution in [2.24, 2.45) is 0 Å². The van der Waals surface area contributed by atoms with E-state index in [4.69, 9.17) is 11.6 Å².